The predicted octanol–water partition coefficient (Wildman–Crippen LogP) is 3.89. The molecule has 3 nitrogen and oxygen atoms in total. The first-order valence-corrected chi connectivity index (χ1v) is 7.41. The number of nitrogens with two attached hydrogens (primary N) is 1. The first-order chi connectivity index (χ1) is 9.47. The van der Waals surface area contributed by atoms with Gasteiger partial charge in [-0.1, -0.05) is 24.6 Å². The van der Waals surface area contributed by atoms with Crippen molar-refractivity contribution in [3.05, 3.63) is 35.2 Å². The third-order valence-electron chi connectivity index (χ3n) is 4.38. The van der Waals surface area contributed by atoms with Crippen LogP contribution in [0.2, 0.25) is 0 Å². The van der Waals surface area contributed by atoms with Crippen LogP contribution in [-0.2, 0) is 6.42 Å². The van der Waals surface area contributed by atoms with E-state index in [0.717, 1.165) is 23.8 Å². The van der Waals surface area contributed by atoms with E-state index in [-0.39, 0.29) is 0 Å². The van der Waals surface area contributed by atoms with Gasteiger partial charge in [0.1, 0.15) is 17.3 Å². The molecule has 1 aromatic heterocycles. The lowest BCUT2D eigenvalue weighted by Crippen LogP contribution is -2.22. The Hall–Kier alpha value is -1.77. The Morgan fingerprint density at radius 2 is 2.00 bits per heavy atom. The van der Waals surface area contributed by atoms with Gasteiger partial charge in [-0.15, -0.1) is 0 Å². The molecule has 1 aliphatic rings. The van der Waals surface area contributed by atoms with Gasteiger partial charge >= 0.3 is 0 Å². The molecule has 0 radical (unpaired) electrons. The van der Waals surface area contributed by atoms with E-state index in [1.54, 1.807) is 0 Å². The van der Waals surface area contributed by atoms with Crippen molar-refractivity contribution in [2.24, 2.45) is 5.92 Å². The van der Waals surface area contributed by atoms with Gasteiger partial charge in [-0.05, 0) is 44.7 Å². The summed E-state index contributed by atoms with van der Waals surface area (Å²) in [5.74, 6) is 2.66. The van der Waals surface area contributed by atoms with E-state index in [4.69, 9.17) is 10.7 Å². The summed E-state index contributed by atoms with van der Waals surface area (Å²) in [5, 5.41) is 0. The quantitative estimate of drug-likeness (QED) is 0.853. The van der Waals surface area contributed by atoms with Crippen LogP contribution in [-0.4, -0.2) is 9.55 Å². The summed E-state index contributed by atoms with van der Waals surface area (Å²) in [6.45, 7) is 8.77. The van der Waals surface area contributed by atoms with E-state index >= 15 is 0 Å². The number of hydrogen-bond acceptors (Lipinski definition) is 2. The fraction of sp³-hybridized carbons (Fsp3) is 0.471. The highest BCUT2D eigenvalue weighted by Crippen LogP contribution is 2.37. The number of hydrogen-bond donors (Lipinski definition) is 1. The number of nitrogen functional groups attached to an aromatic ring is 1. The lowest BCUT2D eigenvalue weighted by molar-refractivity contribution is 0.346. The summed E-state index contributed by atoms with van der Waals surface area (Å²) in [4.78, 5) is 4.86. The van der Waals surface area contributed by atoms with Gasteiger partial charge in [-0.25, -0.2) is 4.98 Å². The van der Waals surface area contributed by atoms with Gasteiger partial charge < -0.3 is 10.3 Å². The first-order valence-electron chi connectivity index (χ1n) is 7.41. The SMILES string of the molecule is Cc1ccc(C)c(-c2nc3n(c2N)C(C)CC(C)C3)c1. The molecule has 2 heterocycles. The molecule has 3 heteroatoms. The van der Waals surface area contributed by atoms with E-state index < -0.39 is 0 Å². The minimum atomic E-state index is 0.445. The van der Waals surface area contributed by atoms with Crippen molar-refractivity contribution in [3.63, 3.8) is 0 Å². The van der Waals surface area contributed by atoms with Gasteiger partial charge in [-0.3, -0.25) is 0 Å². The second kappa shape index (κ2) is 4.65. The highest BCUT2D eigenvalue weighted by atomic mass is 15.2. The van der Waals surface area contributed by atoms with Crippen molar-refractivity contribution in [3.8, 4) is 11.3 Å². The Labute approximate surface area is 120 Å². The van der Waals surface area contributed by atoms with Gasteiger partial charge in [-0.2, -0.15) is 0 Å². The van der Waals surface area contributed by atoms with Crippen molar-refractivity contribution < 1.29 is 0 Å². The maximum atomic E-state index is 6.41. The summed E-state index contributed by atoms with van der Waals surface area (Å²) >= 11 is 0. The molecule has 0 saturated heterocycles. The molecule has 1 aliphatic heterocycles. The second-order valence-electron chi connectivity index (χ2n) is 6.34. The smallest absolute Gasteiger partial charge is 0.131 e. The Morgan fingerprint density at radius 1 is 1.25 bits per heavy atom. The van der Waals surface area contributed by atoms with E-state index in [2.05, 4.69) is 50.5 Å². The van der Waals surface area contributed by atoms with Crippen LogP contribution in [0, 0.1) is 19.8 Å². The molecule has 0 spiro atoms. The summed E-state index contributed by atoms with van der Waals surface area (Å²) in [7, 11) is 0. The molecule has 0 saturated carbocycles. The molecule has 0 bridgehead atoms. The summed E-state index contributed by atoms with van der Waals surface area (Å²) < 4.78 is 2.23. The van der Waals surface area contributed by atoms with Crippen LogP contribution in [0.3, 0.4) is 0 Å². The maximum absolute atomic E-state index is 6.41. The van der Waals surface area contributed by atoms with Crippen LogP contribution in [0.1, 0.15) is 43.3 Å². The molecule has 20 heavy (non-hydrogen) atoms. The average Bonchev–Trinajstić information content (AvgIpc) is 2.69. The van der Waals surface area contributed by atoms with Gasteiger partial charge in [0.25, 0.3) is 0 Å². The van der Waals surface area contributed by atoms with E-state index in [0.29, 0.717) is 12.0 Å². The molecule has 0 amide bonds. The van der Waals surface area contributed by atoms with Crippen LogP contribution < -0.4 is 5.73 Å². The van der Waals surface area contributed by atoms with Gasteiger partial charge in [0, 0.05) is 18.0 Å². The minimum absolute atomic E-state index is 0.445. The Balaban J connectivity index is 2.17. The topological polar surface area (TPSA) is 43.8 Å². The third-order valence-corrected chi connectivity index (χ3v) is 4.38. The normalized spacial score (nSPS) is 21.8. The van der Waals surface area contributed by atoms with Gasteiger partial charge in [0.05, 0.1) is 0 Å². The van der Waals surface area contributed by atoms with E-state index in [1.165, 1.54) is 23.1 Å². The zero-order valence-corrected chi connectivity index (χ0v) is 12.8. The number of aryl methyl sites for hydroxylation is 2. The highest BCUT2D eigenvalue weighted by Gasteiger charge is 2.27. The van der Waals surface area contributed by atoms with Crippen molar-refractivity contribution in [2.45, 2.75) is 46.6 Å². The maximum Gasteiger partial charge on any atom is 0.131 e. The van der Waals surface area contributed by atoms with Crippen LogP contribution in [0.5, 0.6) is 0 Å². The van der Waals surface area contributed by atoms with Gasteiger partial charge in [0.2, 0.25) is 0 Å². The lowest BCUT2D eigenvalue weighted by Gasteiger charge is -2.27. The van der Waals surface area contributed by atoms with Crippen molar-refractivity contribution in [1.29, 1.82) is 0 Å². The standard InChI is InChI=1S/C17H23N3/c1-10-5-6-12(3)14(8-10)16-17(18)20-13(4)7-11(2)9-15(20)19-16/h5-6,8,11,13H,7,9,18H2,1-4H3. The molecule has 106 valence electrons. The molecule has 0 fully saturated rings. The lowest BCUT2D eigenvalue weighted by atomic mass is 9.95. The van der Waals surface area contributed by atoms with Crippen molar-refractivity contribution in [2.75, 3.05) is 5.73 Å². The number of fused-ring (bicyclic) bond motifs is 1. The summed E-state index contributed by atoms with van der Waals surface area (Å²) in [6, 6.07) is 6.92. The monoisotopic (exact) mass is 269 g/mol. The fourth-order valence-corrected chi connectivity index (χ4v) is 3.40. The zero-order valence-electron chi connectivity index (χ0n) is 12.8. The molecule has 3 rings (SSSR count). The number of aromatic nitrogens is 2. The van der Waals surface area contributed by atoms with E-state index in [9.17, 15) is 0 Å². The molecule has 2 atom stereocenters. The molecule has 0 aliphatic carbocycles. The molecular formula is C17H23N3. The summed E-state index contributed by atoms with van der Waals surface area (Å²) in [6.07, 6.45) is 2.21. The average molecular weight is 269 g/mol. The van der Waals surface area contributed by atoms with Crippen LogP contribution >= 0.6 is 0 Å². The number of rotatable bonds is 1. The highest BCUT2D eigenvalue weighted by molar-refractivity contribution is 5.74. The third kappa shape index (κ3) is 2.01. The molecule has 2 unspecified atom stereocenters. The molecular weight excluding hydrogens is 246 g/mol. The van der Waals surface area contributed by atoms with Crippen molar-refractivity contribution in [1.82, 2.24) is 9.55 Å². The fourth-order valence-electron chi connectivity index (χ4n) is 3.40. The minimum Gasteiger partial charge on any atom is -0.383 e. The number of anilines is 1. The van der Waals surface area contributed by atoms with Gasteiger partial charge in [0.15, 0.2) is 0 Å². The van der Waals surface area contributed by atoms with Crippen LogP contribution in [0.4, 0.5) is 5.82 Å². The predicted molar refractivity (Wildman–Crippen MR) is 83.7 cm³/mol. The van der Waals surface area contributed by atoms with Crippen LogP contribution in [0.15, 0.2) is 18.2 Å². The Morgan fingerprint density at radius 3 is 2.75 bits per heavy atom. The second-order valence-corrected chi connectivity index (χ2v) is 6.34. The number of imidazole rings is 1. The molecule has 1 aromatic carbocycles. The van der Waals surface area contributed by atoms with E-state index in [1.807, 2.05) is 0 Å². The zero-order chi connectivity index (χ0) is 14.4. The van der Waals surface area contributed by atoms with Crippen LogP contribution in [0.25, 0.3) is 11.3 Å². The molecule has 2 N–H and O–H groups in total. The first kappa shape index (κ1) is 13.2. The largest absolute Gasteiger partial charge is 0.383 e. The summed E-state index contributed by atoms with van der Waals surface area (Å²) in [5.41, 5.74) is 11.0. The Kier molecular flexibility index (Phi) is 3.08. The number of benzene rings is 1. The Bertz CT molecular complexity index is 654. The number of nitrogens with zero attached hydrogens (tertiary/aromatic N) is 2. The molecule has 2 aromatic rings. The van der Waals surface area contributed by atoms with Crippen molar-refractivity contribution >= 4 is 5.82 Å².